The molecule has 7 nitrogen and oxygen atoms in total. The lowest BCUT2D eigenvalue weighted by molar-refractivity contribution is 0.0687. The number of carboxylic acids is 1. The molecule has 0 bridgehead atoms. The smallest absolute Gasteiger partial charge is 0.356 e. The summed E-state index contributed by atoms with van der Waals surface area (Å²) in [5, 5.41) is 13.5. The van der Waals surface area contributed by atoms with Gasteiger partial charge in [0.1, 0.15) is 15.6 Å². The van der Waals surface area contributed by atoms with E-state index in [0.29, 0.717) is 0 Å². The number of rotatable bonds is 4. The number of thiazole rings is 1. The average Bonchev–Trinajstić information content (AvgIpc) is 2.44. The molecule has 9 heteroatoms. The maximum Gasteiger partial charge on any atom is 0.356 e. The number of aromatic carboxylic acids is 1. The molecule has 0 aliphatic heterocycles. The Kier molecular flexibility index (Phi) is 3.41. The number of nitrogens with two attached hydrogens (primary N) is 1. The highest BCUT2D eigenvalue weighted by Crippen LogP contribution is 2.20. The summed E-state index contributed by atoms with van der Waals surface area (Å²) in [4.78, 5) is 25.3. The zero-order chi connectivity index (χ0) is 12.5. The number of primary sulfonamides is 1. The Morgan fingerprint density at radius 1 is 1.50 bits per heavy atom. The van der Waals surface area contributed by atoms with Crippen LogP contribution in [0.15, 0.2) is 0 Å². The van der Waals surface area contributed by atoms with Gasteiger partial charge in [0.25, 0.3) is 0 Å². The summed E-state index contributed by atoms with van der Waals surface area (Å²) in [6.45, 7) is 1.18. The van der Waals surface area contributed by atoms with Gasteiger partial charge in [-0.2, -0.15) is 0 Å². The Morgan fingerprint density at radius 2 is 2.06 bits per heavy atom. The summed E-state index contributed by atoms with van der Waals surface area (Å²) < 4.78 is 21.5. The molecule has 0 aliphatic carbocycles. The van der Waals surface area contributed by atoms with Crippen molar-refractivity contribution in [1.29, 1.82) is 0 Å². The minimum Gasteiger partial charge on any atom is -0.476 e. The fraction of sp³-hybridized carbons (Fsp3) is 0.286. The molecule has 0 aliphatic rings. The molecule has 1 aromatic heterocycles. The van der Waals surface area contributed by atoms with Crippen LogP contribution >= 0.6 is 11.3 Å². The third-order valence-electron chi connectivity index (χ3n) is 1.52. The maximum atomic E-state index is 11.1. The van der Waals surface area contributed by atoms with Gasteiger partial charge in [-0.3, -0.25) is 4.79 Å². The minimum absolute atomic E-state index is 0.00917. The van der Waals surface area contributed by atoms with E-state index in [9.17, 15) is 18.0 Å². The predicted molar refractivity (Wildman–Crippen MR) is 55.9 cm³/mol. The van der Waals surface area contributed by atoms with E-state index in [-0.39, 0.29) is 9.88 Å². The van der Waals surface area contributed by atoms with E-state index in [4.69, 9.17) is 10.2 Å². The highest BCUT2D eigenvalue weighted by atomic mass is 32.2. The normalized spacial score (nSPS) is 11.4. The topological polar surface area (TPSA) is 127 Å². The highest BCUT2D eigenvalue weighted by Gasteiger charge is 2.22. The largest absolute Gasteiger partial charge is 0.476 e. The molecule has 0 spiro atoms. The van der Waals surface area contributed by atoms with Crippen LogP contribution in [0.1, 0.15) is 32.1 Å². The van der Waals surface area contributed by atoms with Crippen molar-refractivity contribution in [3.05, 3.63) is 15.6 Å². The number of hydrogen-bond donors (Lipinski definition) is 2. The predicted octanol–water partition coefficient (Wildman–Crippen LogP) is -0.168. The van der Waals surface area contributed by atoms with Crippen LogP contribution in [0.3, 0.4) is 0 Å². The quantitative estimate of drug-likeness (QED) is 0.727. The van der Waals surface area contributed by atoms with Gasteiger partial charge in [0.05, 0.1) is 0 Å². The highest BCUT2D eigenvalue weighted by molar-refractivity contribution is 7.88. The molecule has 1 aromatic rings. The van der Waals surface area contributed by atoms with E-state index >= 15 is 0 Å². The number of carbonyl (C=O) groups excluding carboxylic acids is 1. The SMILES string of the molecule is CC(=O)c1sc(CS(N)(=O)=O)nc1C(=O)O. The van der Waals surface area contributed by atoms with Gasteiger partial charge in [-0.15, -0.1) is 11.3 Å². The summed E-state index contributed by atoms with van der Waals surface area (Å²) >= 11 is 0.722. The summed E-state index contributed by atoms with van der Waals surface area (Å²) in [5.41, 5.74) is -0.434. The number of carbonyl (C=O) groups is 2. The second-order valence-corrected chi connectivity index (χ2v) is 5.65. The Balaban J connectivity index is 3.22. The Labute approximate surface area is 95.0 Å². The van der Waals surface area contributed by atoms with E-state index in [1.54, 1.807) is 0 Å². The monoisotopic (exact) mass is 264 g/mol. The number of Topliss-reactive ketones (excluding diaryl/α,β-unsaturated/α-hetero) is 1. The number of sulfonamides is 1. The summed E-state index contributed by atoms with van der Waals surface area (Å²) in [5.74, 6) is -2.43. The lowest BCUT2D eigenvalue weighted by Crippen LogP contribution is -2.14. The number of aromatic nitrogens is 1. The van der Waals surface area contributed by atoms with Crippen LogP contribution in [0.25, 0.3) is 0 Å². The van der Waals surface area contributed by atoms with E-state index in [2.05, 4.69) is 4.98 Å². The summed E-state index contributed by atoms with van der Waals surface area (Å²) in [7, 11) is -3.79. The molecule has 0 aromatic carbocycles. The maximum absolute atomic E-state index is 11.1. The standard InChI is InChI=1S/C7H8N2O5S2/c1-3(10)6-5(7(11)12)9-4(15-6)2-16(8,13)14/h2H2,1H3,(H,11,12)(H2,8,13,14). The lowest BCUT2D eigenvalue weighted by atomic mass is 10.3. The van der Waals surface area contributed by atoms with Crippen molar-refractivity contribution in [2.45, 2.75) is 12.7 Å². The van der Waals surface area contributed by atoms with E-state index in [1.165, 1.54) is 6.92 Å². The molecule has 0 amide bonds. The van der Waals surface area contributed by atoms with Gasteiger partial charge in [0.2, 0.25) is 10.0 Å². The number of ketones is 1. The summed E-state index contributed by atoms with van der Waals surface area (Å²) in [6, 6.07) is 0. The molecule has 88 valence electrons. The van der Waals surface area contributed by atoms with Crippen LogP contribution < -0.4 is 5.14 Å². The summed E-state index contributed by atoms with van der Waals surface area (Å²) in [6.07, 6.45) is 0. The molecule has 1 heterocycles. The Morgan fingerprint density at radius 3 is 2.38 bits per heavy atom. The first-order valence-corrected chi connectivity index (χ1v) is 6.48. The van der Waals surface area contributed by atoms with Gasteiger partial charge in [-0.05, 0) is 0 Å². The van der Waals surface area contributed by atoms with Crippen LogP contribution in [-0.2, 0) is 15.8 Å². The zero-order valence-corrected chi connectivity index (χ0v) is 9.76. The van der Waals surface area contributed by atoms with Crippen molar-refractivity contribution in [3.8, 4) is 0 Å². The molecule has 0 radical (unpaired) electrons. The second kappa shape index (κ2) is 4.28. The van der Waals surface area contributed by atoms with Gasteiger partial charge in [0.15, 0.2) is 11.5 Å². The van der Waals surface area contributed by atoms with Gasteiger partial charge < -0.3 is 5.11 Å². The molecule has 3 N–H and O–H groups in total. The molecular weight excluding hydrogens is 256 g/mol. The van der Waals surface area contributed by atoms with E-state index < -0.39 is 33.2 Å². The third-order valence-corrected chi connectivity index (χ3v) is 3.53. The van der Waals surface area contributed by atoms with Crippen molar-refractivity contribution in [2.24, 2.45) is 5.14 Å². The molecule has 0 unspecified atom stereocenters. The van der Waals surface area contributed by atoms with Crippen LogP contribution in [0.4, 0.5) is 0 Å². The van der Waals surface area contributed by atoms with Crippen molar-refractivity contribution in [1.82, 2.24) is 4.98 Å². The van der Waals surface area contributed by atoms with Gasteiger partial charge >= 0.3 is 5.97 Å². The van der Waals surface area contributed by atoms with Crippen molar-refractivity contribution in [3.63, 3.8) is 0 Å². The van der Waals surface area contributed by atoms with E-state index in [0.717, 1.165) is 11.3 Å². The Hall–Kier alpha value is -1.32. The minimum atomic E-state index is -3.79. The second-order valence-electron chi connectivity index (χ2n) is 2.95. The molecule has 0 atom stereocenters. The molecule has 0 saturated heterocycles. The zero-order valence-electron chi connectivity index (χ0n) is 8.13. The van der Waals surface area contributed by atoms with Gasteiger partial charge in [-0.1, -0.05) is 0 Å². The van der Waals surface area contributed by atoms with Crippen molar-refractivity contribution >= 4 is 33.1 Å². The fourth-order valence-corrected chi connectivity index (χ4v) is 2.87. The third kappa shape index (κ3) is 3.08. The molecule has 0 fully saturated rings. The lowest BCUT2D eigenvalue weighted by Gasteiger charge is -1.90. The van der Waals surface area contributed by atoms with Crippen LogP contribution in [0, 0.1) is 0 Å². The fourth-order valence-electron chi connectivity index (χ4n) is 0.982. The average molecular weight is 264 g/mol. The van der Waals surface area contributed by atoms with Crippen LogP contribution in [-0.4, -0.2) is 30.3 Å². The van der Waals surface area contributed by atoms with E-state index in [1.807, 2.05) is 0 Å². The molecule has 16 heavy (non-hydrogen) atoms. The number of carboxylic acid groups (broad SMARTS) is 1. The van der Waals surface area contributed by atoms with Crippen molar-refractivity contribution < 1.29 is 23.1 Å². The molecule has 1 rings (SSSR count). The first-order valence-electron chi connectivity index (χ1n) is 3.95. The van der Waals surface area contributed by atoms with Gasteiger partial charge in [0, 0.05) is 6.92 Å². The molecule has 0 saturated carbocycles. The number of nitrogens with zero attached hydrogens (tertiary/aromatic N) is 1. The first-order chi connectivity index (χ1) is 7.20. The first kappa shape index (κ1) is 12.7. The van der Waals surface area contributed by atoms with Crippen molar-refractivity contribution in [2.75, 3.05) is 0 Å². The van der Waals surface area contributed by atoms with Crippen LogP contribution in [0.2, 0.25) is 0 Å². The van der Waals surface area contributed by atoms with Crippen LogP contribution in [0.5, 0.6) is 0 Å². The van der Waals surface area contributed by atoms with Gasteiger partial charge in [-0.25, -0.2) is 23.3 Å². The Bertz CT molecular complexity index is 514. The molecular formula is C7H8N2O5S2. The number of hydrogen-bond acceptors (Lipinski definition) is 6.